The zero-order valence-corrected chi connectivity index (χ0v) is 47.6. The van der Waals surface area contributed by atoms with Crippen LogP contribution in [0.15, 0.2) is 85.1 Å². The van der Waals surface area contributed by atoms with Gasteiger partial charge in [-0.15, -0.1) is 0 Å². The predicted molar refractivity (Wildman–Crippen MR) is 310 cm³/mol. The standard InChI is InChI=1S/C64H111NO10/c1-4-7-10-13-16-19-22-23-24-25-26-27-28-29-30-31-32-33-34-35-37-40-43-46-49-52-59(69)75-62-61(71)60(70)58(53-66)74-64(62)73-54-55(56(67)50-47-44-41-39-36-20-17-14-11-8-5-2)65-63(72)57(68)51-48-45-42-38-21-18-15-12-9-6-3/h7,10,15-16,18-19,23-24,26-27,29-30,47,50,55-58,60-62,64,66-68,70-71H,4-6,8-9,11-14,17,20-22,25,28,31-46,48-49,51-54H2,1-3H3,(H,65,72)/b10-7-,18-15-,19-16-,24-23-,27-26-,30-29-,50-47+. The first-order valence-electron chi connectivity index (χ1n) is 30.4. The van der Waals surface area contributed by atoms with E-state index < -0.39 is 67.4 Å². The van der Waals surface area contributed by atoms with Crippen LogP contribution in [-0.4, -0.2) is 99.6 Å². The van der Waals surface area contributed by atoms with Gasteiger partial charge in [-0.25, -0.2) is 0 Å². The quantitative estimate of drug-likeness (QED) is 0.0195. The Morgan fingerprint density at radius 1 is 0.533 bits per heavy atom. The average Bonchev–Trinajstić information content (AvgIpc) is 3.41. The maximum Gasteiger partial charge on any atom is 0.306 e. The lowest BCUT2D eigenvalue weighted by Crippen LogP contribution is -2.61. The SMILES string of the molecule is CC/C=C\C/C=C\C/C=C\C/C=C\C/C=C\CCCCCCCCCCCC(=O)OC1C(OCC(NC(=O)C(O)CCCCCC/C=C\CCCC)C(O)/C=C/CCCCCCCCCCC)OC(CO)C(O)C1O. The minimum absolute atomic E-state index is 0.112. The first-order valence-corrected chi connectivity index (χ1v) is 30.4. The third-order valence-electron chi connectivity index (χ3n) is 13.8. The van der Waals surface area contributed by atoms with Gasteiger partial charge in [0.15, 0.2) is 12.4 Å². The summed E-state index contributed by atoms with van der Waals surface area (Å²) in [7, 11) is 0. The van der Waals surface area contributed by atoms with Gasteiger partial charge in [-0.2, -0.15) is 0 Å². The van der Waals surface area contributed by atoms with E-state index in [4.69, 9.17) is 14.2 Å². The van der Waals surface area contributed by atoms with Gasteiger partial charge in [-0.3, -0.25) is 9.59 Å². The fourth-order valence-corrected chi connectivity index (χ4v) is 8.95. The van der Waals surface area contributed by atoms with Crippen molar-refractivity contribution in [2.24, 2.45) is 0 Å². The van der Waals surface area contributed by atoms with E-state index in [1.807, 2.05) is 6.08 Å². The van der Waals surface area contributed by atoms with Gasteiger partial charge in [-0.05, 0) is 89.9 Å². The second kappa shape index (κ2) is 51.6. The number of ether oxygens (including phenoxy) is 3. The van der Waals surface area contributed by atoms with Gasteiger partial charge in [0.25, 0.3) is 0 Å². The number of hydrogen-bond acceptors (Lipinski definition) is 10. The Morgan fingerprint density at radius 2 is 0.973 bits per heavy atom. The van der Waals surface area contributed by atoms with Crippen LogP contribution in [0.4, 0.5) is 0 Å². The second-order valence-corrected chi connectivity index (χ2v) is 20.7. The molecule has 0 aromatic rings. The molecule has 0 spiro atoms. The van der Waals surface area contributed by atoms with Gasteiger partial charge in [0.1, 0.15) is 24.4 Å². The van der Waals surface area contributed by atoms with E-state index in [9.17, 15) is 35.1 Å². The lowest BCUT2D eigenvalue weighted by Gasteiger charge is -2.41. The number of esters is 1. The normalized spacial score (nSPS) is 19.8. The van der Waals surface area contributed by atoms with E-state index in [0.717, 1.165) is 116 Å². The molecular weight excluding hydrogens is 943 g/mol. The summed E-state index contributed by atoms with van der Waals surface area (Å²) in [5.41, 5.74) is 0. The fraction of sp³-hybridized carbons (Fsp3) is 0.750. The minimum Gasteiger partial charge on any atom is -0.454 e. The average molecular weight is 1050 g/mol. The predicted octanol–water partition coefficient (Wildman–Crippen LogP) is 14.2. The molecule has 6 N–H and O–H groups in total. The number of hydrogen-bond donors (Lipinski definition) is 6. The number of carbonyl (C=O) groups is 2. The molecule has 0 aliphatic carbocycles. The molecule has 11 nitrogen and oxygen atoms in total. The summed E-state index contributed by atoms with van der Waals surface area (Å²) in [6, 6.07) is -1.03. The highest BCUT2D eigenvalue weighted by atomic mass is 16.7. The van der Waals surface area contributed by atoms with Gasteiger partial charge in [-0.1, -0.05) is 234 Å². The Balaban J connectivity index is 2.59. The summed E-state index contributed by atoms with van der Waals surface area (Å²) < 4.78 is 17.6. The maximum atomic E-state index is 13.3. The van der Waals surface area contributed by atoms with E-state index in [2.05, 4.69) is 99.0 Å². The van der Waals surface area contributed by atoms with Crippen LogP contribution in [0.25, 0.3) is 0 Å². The third-order valence-corrected chi connectivity index (χ3v) is 13.8. The Morgan fingerprint density at radius 3 is 1.49 bits per heavy atom. The Labute approximate surface area is 457 Å². The molecule has 1 aliphatic rings. The zero-order chi connectivity index (χ0) is 54.7. The topological polar surface area (TPSA) is 175 Å². The number of aliphatic hydroxyl groups is 5. The first kappa shape index (κ1) is 69.9. The molecule has 1 aliphatic heterocycles. The smallest absolute Gasteiger partial charge is 0.306 e. The summed E-state index contributed by atoms with van der Waals surface area (Å²) in [6.45, 7) is 5.60. The first-order chi connectivity index (χ1) is 36.7. The molecule has 1 heterocycles. The molecule has 0 radical (unpaired) electrons. The second-order valence-electron chi connectivity index (χ2n) is 20.7. The van der Waals surface area contributed by atoms with Gasteiger partial charge in [0.2, 0.25) is 5.91 Å². The van der Waals surface area contributed by atoms with E-state index in [1.165, 1.54) is 83.5 Å². The molecule has 11 heteroatoms. The number of aliphatic hydroxyl groups excluding tert-OH is 5. The fourth-order valence-electron chi connectivity index (χ4n) is 8.95. The highest BCUT2D eigenvalue weighted by Gasteiger charge is 2.47. The van der Waals surface area contributed by atoms with Crippen molar-refractivity contribution in [3.8, 4) is 0 Å². The van der Waals surface area contributed by atoms with E-state index in [-0.39, 0.29) is 19.4 Å². The zero-order valence-electron chi connectivity index (χ0n) is 47.6. The van der Waals surface area contributed by atoms with Crippen LogP contribution in [0.3, 0.4) is 0 Å². The summed E-state index contributed by atoms with van der Waals surface area (Å²) >= 11 is 0. The maximum absolute atomic E-state index is 13.3. The monoisotopic (exact) mass is 1050 g/mol. The lowest BCUT2D eigenvalue weighted by atomic mass is 9.99. The summed E-state index contributed by atoms with van der Waals surface area (Å²) in [5, 5.41) is 56.8. The number of rotatable bonds is 50. The van der Waals surface area contributed by atoms with Crippen LogP contribution < -0.4 is 5.32 Å². The molecule has 1 saturated heterocycles. The van der Waals surface area contributed by atoms with Crippen molar-refractivity contribution >= 4 is 11.9 Å². The number of amides is 1. The molecule has 1 amide bonds. The molecule has 8 atom stereocenters. The summed E-state index contributed by atoms with van der Waals surface area (Å²) in [4.78, 5) is 26.4. The number of unbranched alkanes of at least 4 members (excludes halogenated alkanes) is 24. The van der Waals surface area contributed by atoms with Crippen LogP contribution in [0.5, 0.6) is 0 Å². The molecule has 0 bridgehead atoms. The molecule has 432 valence electrons. The molecular formula is C64H111NO10. The van der Waals surface area contributed by atoms with Gasteiger partial charge in [0.05, 0.1) is 25.4 Å². The van der Waals surface area contributed by atoms with Crippen LogP contribution in [0, 0.1) is 0 Å². The van der Waals surface area contributed by atoms with Crippen LogP contribution in [0.1, 0.15) is 245 Å². The van der Waals surface area contributed by atoms with Crippen LogP contribution >= 0.6 is 0 Å². The highest BCUT2D eigenvalue weighted by molar-refractivity contribution is 5.80. The summed E-state index contributed by atoms with van der Waals surface area (Å²) in [5.74, 6) is -1.22. The molecule has 1 fully saturated rings. The van der Waals surface area contributed by atoms with Gasteiger partial charge < -0.3 is 45.1 Å². The van der Waals surface area contributed by atoms with Crippen molar-refractivity contribution in [1.82, 2.24) is 5.32 Å². The van der Waals surface area contributed by atoms with E-state index in [0.29, 0.717) is 12.8 Å². The Bertz CT molecular complexity index is 1540. The largest absolute Gasteiger partial charge is 0.454 e. The Kier molecular flexibility index (Phi) is 48.0. The number of nitrogens with one attached hydrogen (secondary N) is 1. The van der Waals surface area contributed by atoms with Crippen molar-refractivity contribution in [3.05, 3.63) is 85.1 Å². The van der Waals surface area contributed by atoms with Crippen LogP contribution in [-0.2, 0) is 23.8 Å². The molecule has 75 heavy (non-hydrogen) atoms. The van der Waals surface area contributed by atoms with Gasteiger partial charge >= 0.3 is 5.97 Å². The van der Waals surface area contributed by atoms with E-state index >= 15 is 0 Å². The molecule has 0 saturated carbocycles. The Hall–Kier alpha value is -3.16. The van der Waals surface area contributed by atoms with Crippen molar-refractivity contribution in [3.63, 3.8) is 0 Å². The van der Waals surface area contributed by atoms with E-state index in [1.54, 1.807) is 6.08 Å². The third kappa shape index (κ3) is 39.8. The number of carbonyl (C=O) groups excluding carboxylic acids is 2. The van der Waals surface area contributed by atoms with Crippen LogP contribution in [0.2, 0.25) is 0 Å². The molecule has 0 aromatic heterocycles. The van der Waals surface area contributed by atoms with Crippen molar-refractivity contribution in [1.29, 1.82) is 0 Å². The number of allylic oxidation sites excluding steroid dienone is 13. The lowest BCUT2D eigenvalue weighted by molar-refractivity contribution is -0.305. The molecule has 8 unspecified atom stereocenters. The van der Waals surface area contributed by atoms with Gasteiger partial charge in [0, 0.05) is 6.42 Å². The molecule has 0 aromatic carbocycles. The minimum atomic E-state index is -1.62. The highest BCUT2D eigenvalue weighted by Crippen LogP contribution is 2.26. The van der Waals surface area contributed by atoms with Crippen molar-refractivity contribution < 1.29 is 49.3 Å². The molecule has 1 rings (SSSR count). The summed E-state index contributed by atoms with van der Waals surface area (Å²) in [6.07, 6.45) is 56.4. The van der Waals surface area contributed by atoms with Crippen molar-refractivity contribution in [2.75, 3.05) is 13.2 Å². The van der Waals surface area contributed by atoms with Crippen molar-refractivity contribution in [2.45, 2.75) is 294 Å².